The molecule has 0 amide bonds. The van der Waals surface area contributed by atoms with E-state index in [-0.39, 0.29) is 10.4 Å². The van der Waals surface area contributed by atoms with E-state index in [1.807, 2.05) is 19.0 Å². The Bertz CT molecular complexity index is 726. The van der Waals surface area contributed by atoms with Gasteiger partial charge in [-0.1, -0.05) is 0 Å². The molecule has 0 radical (unpaired) electrons. The maximum atomic E-state index is 12.3. The first-order chi connectivity index (χ1) is 9.89. The van der Waals surface area contributed by atoms with E-state index >= 15 is 0 Å². The molecule has 0 spiro atoms. The summed E-state index contributed by atoms with van der Waals surface area (Å²) in [4.78, 5) is 2.06. The molecule has 9 heteroatoms. The normalized spacial score (nSPS) is 12.2. The van der Waals surface area contributed by atoms with Crippen molar-refractivity contribution in [3.63, 3.8) is 0 Å². The number of benzene rings is 1. The van der Waals surface area contributed by atoms with Crippen LogP contribution in [-0.4, -0.2) is 64.3 Å². The molecule has 21 heavy (non-hydrogen) atoms. The van der Waals surface area contributed by atoms with E-state index in [1.165, 1.54) is 20.2 Å². The monoisotopic (exact) mass is 313 g/mol. The molecule has 0 aliphatic heterocycles. The van der Waals surface area contributed by atoms with Crippen LogP contribution < -0.4 is 10.2 Å². The Hall–Kier alpha value is -1.71. The summed E-state index contributed by atoms with van der Waals surface area (Å²) in [5.74, 6) is 0. The predicted molar refractivity (Wildman–Crippen MR) is 79.9 cm³/mol. The molecule has 8 nitrogen and oxygen atoms in total. The van der Waals surface area contributed by atoms with Crippen molar-refractivity contribution in [1.82, 2.24) is 19.9 Å². The zero-order valence-electron chi connectivity index (χ0n) is 12.5. The number of likely N-dealkylation sites (N-methyl/N-ethyl adjacent to an activating group) is 2. The van der Waals surface area contributed by atoms with Crippen molar-refractivity contribution in [1.29, 1.82) is 0 Å². The van der Waals surface area contributed by atoms with Gasteiger partial charge in [-0.2, -0.15) is 0 Å². The van der Waals surface area contributed by atoms with Gasteiger partial charge in [0.25, 0.3) is 0 Å². The minimum atomic E-state index is -3.59. The molecule has 0 aliphatic rings. The first-order valence-corrected chi connectivity index (χ1v) is 7.87. The zero-order valence-corrected chi connectivity index (χ0v) is 13.3. The standard InChI is InChI=1S/C12H19N5O3S/c1-13-7-8-17(4)9-5-6-10(21(18,19)16(2)3)12-11(9)14-20-15-12/h5-6,13H,7-8H2,1-4H3. The maximum absolute atomic E-state index is 12.3. The summed E-state index contributed by atoms with van der Waals surface area (Å²) in [5, 5.41) is 10.7. The third-order valence-corrected chi connectivity index (χ3v) is 5.07. The van der Waals surface area contributed by atoms with Crippen molar-refractivity contribution in [2.75, 3.05) is 46.2 Å². The molecule has 0 saturated carbocycles. The summed E-state index contributed by atoms with van der Waals surface area (Å²) >= 11 is 0. The van der Waals surface area contributed by atoms with Crippen LogP contribution in [0.4, 0.5) is 5.69 Å². The lowest BCUT2D eigenvalue weighted by Crippen LogP contribution is -2.27. The second kappa shape index (κ2) is 5.96. The van der Waals surface area contributed by atoms with Crippen LogP contribution in [0.3, 0.4) is 0 Å². The number of anilines is 1. The molecule has 0 saturated heterocycles. The smallest absolute Gasteiger partial charge is 0.244 e. The fourth-order valence-electron chi connectivity index (χ4n) is 1.94. The van der Waals surface area contributed by atoms with Crippen LogP contribution in [0.15, 0.2) is 21.7 Å². The molecule has 2 aromatic rings. The average molecular weight is 313 g/mol. The summed E-state index contributed by atoms with van der Waals surface area (Å²) in [7, 11) is 3.13. The topological polar surface area (TPSA) is 91.6 Å². The van der Waals surface area contributed by atoms with Gasteiger partial charge in [0.1, 0.15) is 4.90 Å². The molecule has 116 valence electrons. The summed E-state index contributed by atoms with van der Waals surface area (Å²) < 4.78 is 30.5. The second-order valence-corrected chi connectivity index (χ2v) is 6.98. The van der Waals surface area contributed by atoms with Gasteiger partial charge in [-0.15, -0.1) is 0 Å². The lowest BCUT2D eigenvalue weighted by atomic mass is 10.2. The Morgan fingerprint density at radius 3 is 2.48 bits per heavy atom. The van der Waals surface area contributed by atoms with Crippen molar-refractivity contribution in [3.8, 4) is 0 Å². The average Bonchev–Trinajstić information content (AvgIpc) is 2.92. The van der Waals surface area contributed by atoms with E-state index in [4.69, 9.17) is 4.63 Å². The molecule has 0 fully saturated rings. The predicted octanol–water partition coefficient (Wildman–Crippen LogP) is 0.129. The molecule has 0 aliphatic carbocycles. The largest absolute Gasteiger partial charge is 0.371 e. The van der Waals surface area contributed by atoms with Crippen LogP contribution in [0.5, 0.6) is 0 Å². The Balaban J connectivity index is 2.54. The molecule has 0 unspecified atom stereocenters. The van der Waals surface area contributed by atoms with Crippen molar-refractivity contribution in [2.45, 2.75) is 4.90 Å². The number of hydrogen-bond acceptors (Lipinski definition) is 7. The van der Waals surface area contributed by atoms with Gasteiger partial charge in [-0.05, 0) is 29.5 Å². The van der Waals surface area contributed by atoms with Crippen LogP contribution in [-0.2, 0) is 10.0 Å². The van der Waals surface area contributed by atoms with Crippen molar-refractivity contribution >= 4 is 26.7 Å². The second-order valence-electron chi connectivity index (χ2n) is 4.86. The highest BCUT2D eigenvalue weighted by molar-refractivity contribution is 7.89. The van der Waals surface area contributed by atoms with Crippen LogP contribution in [0, 0.1) is 0 Å². The summed E-state index contributed by atoms with van der Waals surface area (Å²) in [6.07, 6.45) is 0. The Morgan fingerprint density at radius 1 is 1.19 bits per heavy atom. The third-order valence-electron chi connectivity index (χ3n) is 3.22. The summed E-state index contributed by atoms with van der Waals surface area (Å²) in [6.45, 7) is 1.54. The number of nitrogens with zero attached hydrogens (tertiary/aromatic N) is 4. The number of rotatable bonds is 6. The molecule has 1 heterocycles. The summed E-state index contributed by atoms with van der Waals surface area (Å²) in [6, 6.07) is 3.26. The third kappa shape index (κ3) is 2.85. The van der Waals surface area contributed by atoms with Gasteiger partial charge in [-0.25, -0.2) is 17.4 Å². The molecule has 2 rings (SSSR count). The van der Waals surface area contributed by atoms with Gasteiger partial charge < -0.3 is 10.2 Å². The number of hydrogen-bond donors (Lipinski definition) is 1. The number of sulfonamides is 1. The first kappa shape index (κ1) is 15.7. The van der Waals surface area contributed by atoms with Crippen LogP contribution in [0.2, 0.25) is 0 Å². The maximum Gasteiger partial charge on any atom is 0.244 e. The molecular formula is C12H19N5O3S. The van der Waals surface area contributed by atoms with Gasteiger partial charge in [0, 0.05) is 34.2 Å². The highest BCUT2D eigenvalue weighted by atomic mass is 32.2. The van der Waals surface area contributed by atoms with E-state index in [2.05, 4.69) is 15.6 Å². The fourth-order valence-corrected chi connectivity index (χ4v) is 2.96. The fraction of sp³-hybridized carbons (Fsp3) is 0.500. The van der Waals surface area contributed by atoms with Gasteiger partial charge in [0.15, 0.2) is 11.0 Å². The molecule has 1 aromatic carbocycles. The van der Waals surface area contributed by atoms with E-state index in [9.17, 15) is 8.42 Å². The minimum absolute atomic E-state index is 0.0921. The molecule has 1 aromatic heterocycles. The van der Waals surface area contributed by atoms with E-state index in [0.29, 0.717) is 5.52 Å². The minimum Gasteiger partial charge on any atom is -0.371 e. The Morgan fingerprint density at radius 2 is 1.86 bits per heavy atom. The number of nitrogens with one attached hydrogen (secondary N) is 1. The van der Waals surface area contributed by atoms with Crippen LogP contribution in [0.1, 0.15) is 0 Å². The zero-order chi connectivity index (χ0) is 15.6. The van der Waals surface area contributed by atoms with Crippen LogP contribution >= 0.6 is 0 Å². The number of aromatic nitrogens is 2. The Kier molecular flexibility index (Phi) is 4.45. The molecular weight excluding hydrogens is 294 g/mol. The summed E-state index contributed by atoms with van der Waals surface area (Å²) in [5.41, 5.74) is 1.47. The number of fused-ring (bicyclic) bond motifs is 1. The van der Waals surface area contributed by atoms with Crippen LogP contribution in [0.25, 0.3) is 11.0 Å². The lowest BCUT2D eigenvalue weighted by Gasteiger charge is -2.20. The van der Waals surface area contributed by atoms with Crippen molar-refractivity contribution in [2.24, 2.45) is 0 Å². The van der Waals surface area contributed by atoms with E-state index < -0.39 is 10.0 Å². The van der Waals surface area contributed by atoms with Crippen molar-refractivity contribution < 1.29 is 13.0 Å². The lowest BCUT2D eigenvalue weighted by molar-refractivity contribution is 0.315. The molecule has 0 atom stereocenters. The first-order valence-electron chi connectivity index (χ1n) is 6.43. The van der Waals surface area contributed by atoms with E-state index in [0.717, 1.165) is 23.1 Å². The van der Waals surface area contributed by atoms with Gasteiger partial charge in [-0.3, -0.25) is 0 Å². The van der Waals surface area contributed by atoms with Gasteiger partial charge >= 0.3 is 0 Å². The molecule has 0 bridgehead atoms. The van der Waals surface area contributed by atoms with E-state index in [1.54, 1.807) is 6.07 Å². The highest BCUT2D eigenvalue weighted by Gasteiger charge is 2.25. The highest BCUT2D eigenvalue weighted by Crippen LogP contribution is 2.29. The Labute approximate surface area is 123 Å². The van der Waals surface area contributed by atoms with Gasteiger partial charge in [0.2, 0.25) is 10.0 Å². The molecule has 1 N–H and O–H groups in total. The SMILES string of the molecule is CNCCN(C)c1ccc(S(=O)(=O)N(C)C)c2nonc12. The van der Waals surface area contributed by atoms with Crippen molar-refractivity contribution in [3.05, 3.63) is 12.1 Å². The quantitative estimate of drug-likeness (QED) is 0.810. The van der Waals surface area contributed by atoms with Gasteiger partial charge in [0.05, 0.1) is 5.69 Å².